The van der Waals surface area contributed by atoms with Gasteiger partial charge in [-0.05, 0) is 53.5 Å². The zero-order valence-corrected chi connectivity index (χ0v) is 17.3. The van der Waals surface area contributed by atoms with Crippen molar-refractivity contribution in [2.45, 2.75) is 71.8 Å². The molecule has 0 aliphatic heterocycles. The summed E-state index contributed by atoms with van der Waals surface area (Å²) >= 11 is 0. The molecule has 1 rings (SSSR count). The summed E-state index contributed by atoms with van der Waals surface area (Å²) in [6.07, 6.45) is 0.787. The van der Waals surface area contributed by atoms with Crippen LogP contribution in [0.15, 0.2) is 30.3 Å². The SMILES string of the molecule is CC(C)(C)OP(=O)(CC[C@H](N)COCc1ccccc1)OC(C)(C)C. The molecule has 1 aromatic carbocycles. The van der Waals surface area contributed by atoms with Crippen LogP contribution in [0.25, 0.3) is 0 Å². The highest BCUT2D eigenvalue weighted by atomic mass is 31.2. The van der Waals surface area contributed by atoms with Crippen LogP contribution in [0.5, 0.6) is 0 Å². The molecule has 144 valence electrons. The summed E-state index contributed by atoms with van der Waals surface area (Å²) in [5, 5.41) is 0. The molecule has 2 N–H and O–H groups in total. The Bertz CT molecular complexity index is 529. The second kappa shape index (κ2) is 9.29. The lowest BCUT2D eigenvalue weighted by Crippen LogP contribution is -2.30. The molecule has 0 spiro atoms. The van der Waals surface area contributed by atoms with Crippen LogP contribution in [0.1, 0.15) is 53.5 Å². The summed E-state index contributed by atoms with van der Waals surface area (Å²) in [4.78, 5) is 0. The molecule has 0 saturated heterocycles. The summed E-state index contributed by atoms with van der Waals surface area (Å²) in [5.41, 5.74) is 6.13. The first kappa shape index (κ1) is 22.3. The zero-order chi connectivity index (χ0) is 19.1. The second-order valence-corrected chi connectivity index (χ2v) is 10.3. The molecule has 0 aliphatic rings. The Hall–Kier alpha value is -0.710. The molecule has 0 amide bonds. The maximum Gasteiger partial charge on any atom is 0.331 e. The fourth-order valence-electron chi connectivity index (χ4n) is 2.25. The van der Waals surface area contributed by atoms with E-state index < -0.39 is 18.8 Å². The molecule has 1 atom stereocenters. The van der Waals surface area contributed by atoms with Crippen LogP contribution < -0.4 is 5.73 Å². The Balaban J connectivity index is 2.50. The van der Waals surface area contributed by atoms with E-state index in [0.717, 1.165) is 5.56 Å². The van der Waals surface area contributed by atoms with Crippen LogP contribution in [0.3, 0.4) is 0 Å². The van der Waals surface area contributed by atoms with Crippen molar-refractivity contribution in [2.75, 3.05) is 12.8 Å². The van der Waals surface area contributed by atoms with Crippen LogP contribution in [-0.2, 0) is 25.0 Å². The standard InChI is InChI=1S/C19H34NO4P/c1-18(2,3)23-25(21,24-19(4,5)6)13-12-17(20)15-22-14-16-10-8-7-9-11-16/h7-11,17H,12-15,20H2,1-6H3/t17-/m0/s1. The van der Waals surface area contributed by atoms with Gasteiger partial charge in [-0.2, -0.15) is 0 Å². The Morgan fingerprint density at radius 3 is 2.00 bits per heavy atom. The molecule has 0 heterocycles. The minimum absolute atomic E-state index is 0.218. The molecule has 5 nitrogen and oxygen atoms in total. The Morgan fingerprint density at radius 1 is 1.00 bits per heavy atom. The van der Waals surface area contributed by atoms with E-state index in [0.29, 0.717) is 19.6 Å². The van der Waals surface area contributed by atoms with Gasteiger partial charge in [0.25, 0.3) is 0 Å². The van der Waals surface area contributed by atoms with Crippen LogP contribution in [0.2, 0.25) is 0 Å². The van der Waals surface area contributed by atoms with Gasteiger partial charge in [0.2, 0.25) is 0 Å². The number of ether oxygens (including phenoxy) is 1. The van der Waals surface area contributed by atoms with Crippen molar-refractivity contribution in [2.24, 2.45) is 5.73 Å². The highest BCUT2D eigenvalue weighted by Gasteiger charge is 2.35. The second-order valence-electron chi connectivity index (χ2n) is 8.29. The van der Waals surface area contributed by atoms with Crippen molar-refractivity contribution in [3.05, 3.63) is 35.9 Å². The molecule has 25 heavy (non-hydrogen) atoms. The van der Waals surface area contributed by atoms with E-state index in [1.54, 1.807) is 0 Å². The average molecular weight is 371 g/mol. The van der Waals surface area contributed by atoms with E-state index in [2.05, 4.69) is 0 Å². The number of rotatable bonds is 9. The van der Waals surface area contributed by atoms with Gasteiger partial charge >= 0.3 is 7.60 Å². The van der Waals surface area contributed by atoms with Crippen molar-refractivity contribution in [1.82, 2.24) is 0 Å². The molecule has 0 unspecified atom stereocenters. The quantitative estimate of drug-likeness (QED) is 0.635. The maximum absolute atomic E-state index is 13.1. The van der Waals surface area contributed by atoms with E-state index in [4.69, 9.17) is 19.5 Å². The zero-order valence-electron chi connectivity index (χ0n) is 16.5. The number of hydrogen-bond donors (Lipinski definition) is 1. The van der Waals surface area contributed by atoms with Crippen molar-refractivity contribution < 1.29 is 18.3 Å². The fourth-order valence-corrected chi connectivity index (χ4v) is 4.79. The third-order valence-electron chi connectivity index (χ3n) is 3.04. The van der Waals surface area contributed by atoms with Gasteiger partial charge in [-0.25, -0.2) is 0 Å². The van der Waals surface area contributed by atoms with Crippen LogP contribution in [-0.4, -0.2) is 30.0 Å². The van der Waals surface area contributed by atoms with Gasteiger partial charge in [0.05, 0.1) is 30.6 Å². The maximum atomic E-state index is 13.1. The molecule has 0 aliphatic carbocycles. The number of benzene rings is 1. The molecule has 0 aromatic heterocycles. The van der Waals surface area contributed by atoms with Gasteiger partial charge in [-0.1, -0.05) is 30.3 Å². The smallest absolute Gasteiger partial charge is 0.331 e. The largest absolute Gasteiger partial charge is 0.375 e. The van der Waals surface area contributed by atoms with Gasteiger partial charge < -0.3 is 19.5 Å². The Labute approximate surface area is 152 Å². The average Bonchev–Trinajstić information content (AvgIpc) is 2.42. The highest BCUT2D eigenvalue weighted by molar-refractivity contribution is 7.53. The first-order valence-corrected chi connectivity index (χ1v) is 10.5. The van der Waals surface area contributed by atoms with Crippen molar-refractivity contribution in [1.29, 1.82) is 0 Å². The van der Waals surface area contributed by atoms with E-state index in [1.165, 1.54) is 0 Å². The van der Waals surface area contributed by atoms with E-state index in [1.807, 2.05) is 71.9 Å². The topological polar surface area (TPSA) is 70.8 Å². The lowest BCUT2D eigenvalue weighted by atomic mass is 10.2. The molecular formula is C19H34NO4P. The molecule has 0 fully saturated rings. The lowest BCUT2D eigenvalue weighted by molar-refractivity contribution is 0.0483. The first-order valence-electron chi connectivity index (χ1n) is 8.76. The summed E-state index contributed by atoms with van der Waals surface area (Å²) in [6.45, 7) is 12.1. The Kier molecular flexibility index (Phi) is 8.30. The predicted octanol–water partition coefficient (Wildman–Crippen LogP) is 4.74. The van der Waals surface area contributed by atoms with Crippen LogP contribution in [0.4, 0.5) is 0 Å². The van der Waals surface area contributed by atoms with E-state index >= 15 is 0 Å². The summed E-state index contributed by atoms with van der Waals surface area (Å²) in [6, 6.07) is 9.72. The normalized spacial score (nSPS) is 14.5. The molecular weight excluding hydrogens is 337 g/mol. The monoisotopic (exact) mass is 371 g/mol. The Morgan fingerprint density at radius 2 is 1.52 bits per heavy atom. The van der Waals surface area contributed by atoms with Crippen LogP contribution >= 0.6 is 7.60 Å². The lowest BCUT2D eigenvalue weighted by Gasteiger charge is -2.32. The van der Waals surface area contributed by atoms with Crippen molar-refractivity contribution >= 4 is 7.60 Å². The van der Waals surface area contributed by atoms with Crippen molar-refractivity contribution in [3.63, 3.8) is 0 Å². The number of hydrogen-bond acceptors (Lipinski definition) is 5. The molecule has 0 radical (unpaired) electrons. The van der Waals surface area contributed by atoms with Crippen LogP contribution in [0, 0.1) is 0 Å². The molecule has 0 saturated carbocycles. The summed E-state index contributed by atoms with van der Waals surface area (Å²) < 4.78 is 30.3. The molecule has 1 aromatic rings. The van der Waals surface area contributed by atoms with E-state index in [-0.39, 0.29) is 12.2 Å². The highest BCUT2D eigenvalue weighted by Crippen LogP contribution is 2.54. The minimum Gasteiger partial charge on any atom is -0.375 e. The molecule has 6 heteroatoms. The van der Waals surface area contributed by atoms with Gasteiger partial charge in [-0.3, -0.25) is 4.57 Å². The molecule has 0 bridgehead atoms. The van der Waals surface area contributed by atoms with E-state index in [9.17, 15) is 4.57 Å². The van der Waals surface area contributed by atoms with Gasteiger partial charge in [0.15, 0.2) is 0 Å². The third kappa shape index (κ3) is 10.8. The van der Waals surface area contributed by atoms with Gasteiger partial charge in [-0.15, -0.1) is 0 Å². The van der Waals surface area contributed by atoms with Gasteiger partial charge in [0, 0.05) is 6.04 Å². The summed E-state index contributed by atoms with van der Waals surface area (Å²) in [7, 11) is -3.24. The summed E-state index contributed by atoms with van der Waals surface area (Å²) in [5.74, 6) is 0. The third-order valence-corrected chi connectivity index (χ3v) is 5.50. The number of nitrogens with two attached hydrogens (primary N) is 1. The predicted molar refractivity (Wildman–Crippen MR) is 103 cm³/mol. The van der Waals surface area contributed by atoms with Gasteiger partial charge in [0.1, 0.15) is 0 Å². The van der Waals surface area contributed by atoms with Crippen molar-refractivity contribution in [3.8, 4) is 0 Å². The minimum atomic E-state index is -3.24. The first-order chi connectivity index (χ1) is 11.4. The fraction of sp³-hybridized carbons (Fsp3) is 0.684.